The zero-order chi connectivity index (χ0) is 16.2. The van der Waals surface area contributed by atoms with Crippen LogP contribution >= 0.6 is 0 Å². The molecule has 116 valence electrons. The van der Waals surface area contributed by atoms with Gasteiger partial charge in [-0.25, -0.2) is 13.4 Å². The number of methoxy groups -OCH3 is 1. The molecule has 0 radical (unpaired) electrons. The van der Waals surface area contributed by atoms with Crippen LogP contribution in [-0.4, -0.2) is 21.4 Å². The molecule has 0 amide bonds. The van der Waals surface area contributed by atoms with Gasteiger partial charge in [-0.3, -0.25) is 0 Å². The van der Waals surface area contributed by atoms with E-state index in [9.17, 15) is 8.42 Å². The number of aliphatic imine (C=N–C) groups is 1. The second-order valence-corrected chi connectivity index (χ2v) is 7.03. The quantitative estimate of drug-likeness (QED) is 0.638. The van der Waals surface area contributed by atoms with E-state index in [2.05, 4.69) is 4.99 Å². The Morgan fingerprint density at radius 3 is 2.45 bits per heavy atom. The van der Waals surface area contributed by atoms with Crippen molar-refractivity contribution >= 4 is 21.4 Å². The molecule has 0 aromatic heterocycles. The molecule has 0 spiro atoms. The Morgan fingerprint density at radius 2 is 1.82 bits per heavy atom. The maximum absolute atomic E-state index is 12.5. The van der Waals surface area contributed by atoms with E-state index >= 15 is 0 Å². The van der Waals surface area contributed by atoms with E-state index in [4.69, 9.17) is 4.74 Å². The standard InChI is InChI=1S/C17H19NO3S/c1-13-9-10-17(18-14(2)21-3)15(11-13)12-22(19,20)16-7-5-4-6-8-16/h4-11H,12H2,1-3H3. The van der Waals surface area contributed by atoms with Crippen molar-refractivity contribution in [3.05, 3.63) is 59.7 Å². The largest absolute Gasteiger partial charge is 0.484 e. The number of aryl methyl sites for hydroxylation is 1. The summed E-state index contributed by atoms with van der Waals surface area (Å²) in [4.78, 5) is 4.64. The molecule has 2 rings (SSSR count). The van der Waals surface area contributed by atoms with E-state index in [1.807, 2.05) is 25.1 Å². The summed E-state index contributed by atoms with van der Waals surface area (Å²) in [6, 6.07) is 14.0. The summed E-state index contributed by atoms with van der Waals surface area (Å²) in [5.74, 6) is 0.399. The van der Waals surface area contributed by atoms with E-state index in [1.165, 1.54) is 7.11 Å². The van der Waals surface area contributed by atoms with Gasteiger partial charge in [0, 0.05) is 6.92 Å². The van der Waals surface area contributed by atoms with Crippen LogP contribution in [0.1, 0.15) is 18.1 Å². The van der Waals surface area contributed by atoms with Crippen molar-refractivity contribution in [3.8, 4) is 0 Å². The first kappa shape index (κ1) is 16.2. The van der Waals surface area contributed by atoms with Gasteiger partial charge in [0.25, 0.3) is 0 Å². The van der Waals surface area contributed by atoms with Crippen molar-refractivity contribution in [3.63, 3.8) is 0 Å². The van der Waals surface area contributed by atoms with Crippen LogP contribution in [0, 0.1) is 6.92 Å². The SMILES string of the molecule is COC(C)=Nc1ccc(C)cc1CS(=O)(=O)c1ccccc1. The van der Waals surface area contributed by atoms with Gasteiger partial charge in [0.2, 0.25) is 0 Å². The van der Waals surface area contributed by atoms with Crippen LogP contribution in [0.2, 0.25) is 0 Å². The molecule has 4 nitrogen and oxygen atoms in total. The van der Waals surface area contributed by atoms with E-state index in [0.717, 1.165) is 5.56 Å². The van der Waals surface area contributed by atoms with E-state index in [1.54, 1.807) is 37.3 Å². The summed E-state index contributed by atoms with van der Waals surface area (Å²) in [7, 11) is -1.87. The maximum Gasteiger partial charge on any atom is 0.184 e. The van der Waals surface area contributed by atoms with Crippen molar-refractivity contribution in [2.45, 2.75) is 24.5 Å². The molecule has 0 atom stereocenters. The van der Waals surface area contributed by atoms with Crippen molar-refractivity contribution in [1.82, 2.24) is 0 Å². The summed E-state index contributed by atoms with van der Waals surface area (Å²) in [5, 5.41) is 0. The molecule has 0 saturated heterocycles. The molecular weight excluding hydrogens is 298 g/mol. The van der Waals surface area contributed by atoms with Crippen molar-refractivity contribution in [1.29, 1.82) is 0 Å². The molecular formula is C17H19NO3S. The molecule has 0 bridgehead atoms. The van der Waals surface area contributed by atoms with Crippen molar-refractivity contribution in [2.24, 2.45) is 4.99 Å². The Bertz CT molecular complexity index is 781. The minimum absolute atomic E-state index is 0.0888. The van der Waals surface area contributed by atoms with Crippen molar-refractivity contribution in [2.75, 3.05) is 7.11 Å². The third-order valence-corrected chi connectivity index (χ3v) is 4.94. The Hall–Kier alpha value is -2.14. The zero-order valence-electron chi connectivity index (χ0n) is 12.9. The Kier molecular flexibility index (Phi) is 4.98. The number of hydrogen-bond acceptors (Lipinski definition) is 4. The highest BCUT2D eigenvalue weighted by Gasteiger charge is 2.17. The number of nitrogens with zero attached hydrogens (tertiary/aromatic N) is 1. The Morgan fingerprint density at radius 1 is 1.14 bits per heavy atom. The third kappa shape index (κ3) is 3.95. The molecule has 22 heavy (non-hydrogen) atoms. The highest BCUT2D eigenvalue weighted by Crippen LogP contribution is 2.26. The number of benzene rings is 2. The van der Waals surface area contributed by atoms with E-state index < -0.39 is 9.84 Å². The van der Waals surface area contributed by atoms with Gasteiger partial charge >= 0.3 is 0 Å². The van der Waals surface area contributed by atoms with Crippen LogP contribution in [0.25, 0.3) is 0 Å². The van der Waals surface area contributed by atoms with Crippen LogP contribution < -0.4 is 0 Å². The average Bonchev–Trinajstić information content (AvgIpc) is 2.50. The molecule has 0 aliphatic rings. The first-order valence-corrected chi connectivity index (χ1v) is 8.54. The fourth-order valence-electron chi connectivity index (χ4n) is 2.07. The van der Waals surface area contributed by atoms with Gasteiger partial charge in [0.1, 0.15) is 0 Å². The predicted molar refractivity (Wildman–Crippen MR) is 88.3 cm³/mol. The topological polar surface area (TPSA) is 55.7 Å². The van der Waals surface area contributed by atoms with Gasteiger partial charge in [-0.2, -0.15) is 0 Å². The highest BCUT2D eigenvalue weighted by molar-refractivity contribution is 7.90. The van der Waals surface area contributed by atoms with Crippen LogP contribution in [-0.2, 0) is 20.3 Å². The van der Waals surface area contributed by atoms with Crippen LogP contribution in [0.4, 0.5) is 5.69 Å². The summed E-state index contributed by atoms with van der Waals surface area (Å²) in [6.45, 7) is 3.66. The summed E-state index contributed by atoms with van der Waals surface area (Å²) in [6.07, 6.45) is 0. The predicted octanol–water partition coefficient (Wildman–Crippen LogP) is 3.67. The first-order chi connectivity index (χ1) is 10.4. The summed E-state index contributed by atoms with van der Waals surface area (Å²) in [5.41, 5.74) is 2.27. The first-order valence-electron chi connectivity index (χ1n) is 6.89. The number of hydrogen-bond donors (Lipinski definition) is 0. The second kappa shape index (κ2) is 6.75. The smallest absolute Gasteiger partial charge is 0.184 e. The second-order valence-electron chi connectivity index (χ2n) is 5.04. The van der Waals surface area contributed by atoms with Gasteiger partial charge in [-0.1, -0.05) is 35.9 Å². The molecule has 0 N–H and O–H groups in total. The monoisotopic (exact) mass is 317 g/mol. The fourth-order valence-corrected chi connectivity index (χ4v) is 3.45. The fraction of sp³-hybridized carbons (Fsp3) is 0.235. The zero-order valence-corrected chi connectivity index (χ0v) is 13.7. The van der Waals surface area contributed by atoms with Crippen LogP contribution in [0.5, 0.6) is 0 Å². The van der Waals surface area contributed by atoms with Crippen LogP contribution in [0.3, 0.4) is 0 Å². The molecule has 0 unspecified atom stereocenters. The lowest BCUT2D eigenvalue weighted by Gasteiger charge is -2.09. The summed E-state index contributed by atoms with van der Waals surface area (Å²) >= 11 is 0. The Labute approximate surface area is 131 Å². The molecule has 0 fully saturated rings. The molecule has 0 heterocycles. The highest BCUT2D eigenvalue weighted by atomic mass is 32.2. The lowest BCUT2D eigenvalue weighted by molar-refractivity contribution is 0.400. The summed E-state index contributed by atoms with van der Waals surface area (Å²) < 4.78 is 30.1. The van der Waals surface area contributed by atoms with Crippen LogP contribution in [0.15, 0.2) is 58.4 Å². The maximum atomic E-state index is 12.5. The van der Waals surface area contributed by atoms with Gasteiger partial charge in [-0.15, -0.1) is 0 Å². The average molecular weight is 317 g/mol. The lowest BCUT2D eigenvalue weighted by Crippen LogP contribution is -2.05. The van der Waals surface area contributed by atoms with Gasteiger partial charge in [0.15, 0.2) is 15.7 Å². The lowest BCUT2D eigenvalue weighted by atomic mass is 10.1. The number of rotatable bonds is 4. The molecule has 0 saturated carbocycles. The van der Waals surface area contributed by atoms with E-state index in [-0.39, 0.29) is 5.75 Å². The Balaban J connectivity index is 2.43. The van der Waals surface area contributed by atoms with Gasteiger partial charge in [-0.05, 0) is 30.7 Å². The third-order valence-electron chi connectivity index (χ3n) is 3.26. The van der Waals surface area contributed by atoms with Crippen molar-refractivity contribution < 1.29 is 13.2 Å². The molecule has 2 aromatic carbocycles. The minimum Gasteiger partial charge on any atom is -0.484 e. The normalized spacial score (nSPS) is 12.2. The molecule has 0 aliphatic carbocycles. The number of ether oxygens (including phenoxy) is 1. The van der Waals surface area contributed by atoms with Gasteiger partial charge in [0.05, 0.1) is 23.4 Å². The van der Waals surface area contributed by atoms with Gasteiger partial charge < -0.3 is 4.74 Å². The van der Waals surface area contributed by atoms with E-state index in [0.29, 0.717) is 22.0 Å². The molecule has 0 aliphatic heterocycles. The molecule has 2 aromatic rings. The molecule has 5 heteroatoms. The minimum atomic E-state index is -3.41. The number of sulfone groups is 1.